The second kappa shape index (κ2) is 7.14. The number of rotatable bonds is 6. The van der Waals surface area contributed by atoms with Crippen molar-refractivity contribution < 1.29 is 32.2 Å². The van der Waals surface area contributed by atoms with Gasteiger partial charge in [0, 0.05) is 6.92 Å². The Morgan fingerprint density at radius 2 is 1.85 bits per heavy atom. The number of alkyl halides is 3. The van der Waals surface area contributed by atoms with Gasteiger partial charge in [0.05, 0.1) is 20.3 Å². The minimum atomic E-state index is -4.65. The molecule has 0 aliphatic heterocycles. The fraction of sp³-hybridized carbons (Fsp3) is 0.462. The summed E-state index contributed by atoms with van der Waals surface area (Å²) in [6.07, 6.45) is -6.90. The van der Waals surface area contributed by atoms with Crippen molar-refractivity contribution in [2.45, 2.75) is 25.8 Å². The third-order valence-electron chi connectivity index (χ3n) is 2.37. The Morgan fingerprint density at radius 3 is 2.30 bits per heavy atom. The first kappa shape index (κ1) is 16.3. The van der Waals surface area contributed by atoms with Gasteiger partial charge in [-0.3, -0.25) is 4.79 Å². The van der Waals surface area contributed by atoms with Gasteiger partial charge in [-0.05, 0) is 17.7 Å². The van der Waals surface area contributed by atoms with Crippen LogP contribution in [-0.2, 0) is 20.9 Å². The van der Waals surface area contributed by atoms with Crippen LogP contribution >= 0.6 is 0 Å². The molecule has 0 spiro atoms. The van der Waals surface area contributed by atoms with E-state index in [-0.39, 0.29) is 6.61 Å². The molecule has 0 amide bonds. The van der Waals surface area contributed by atoms with Crippen molar-refractivity contribution in [3.8, 4) is 5.75 Å². The van der Waals surface area contributed by atoms with Gasteiger partial charge < -0.3 is 14.2 Å². The maximum atomic E-state index is 12.5. The van der Waals surface area contributed by atoms with E-state index in [9.17, 15) is 18.0 Å². The van der Waals surface area contributed by atoms with Gasteiger partial charge in [-0.1, -0.05) is 12.1 Å². The highest BCUT2D eigenvalue weighted by molar-refractivity contribution is 5.66. The molecule has 0 aliphatic rings. The van der Waals surface area contributed by atoms with Crippen molar-refractivity contribution in [1.29, 1.82) is 0 Å². The van der Waals surface area contributed by atoms with E-state index in [0.717, 1.165) is 6.92 Å². The van der Waals surface area contributed by atoms with E-state index < -0.39 is 24.9 Å². The van der Waals surface area contributed by atoms with E-state index >= 15 is 0 Å². The standard InChI is InChI=1S/C13H15F3O4/c1-9(17)20-12(13(14,15)16)8-19-7-10-3-5-11(18-2)6-4-10/h3-6,12H,7-8H2,1-2H3. The molecule has 1 rings (SSSR count). The van der Waals surface area contributed by atoms with Gasteiger partial charge in [0.25, 0.3) is 0 Å². The summed E-state index contributed by atoms with van der Waals surface area (Å²) >= 11 is 0. The first-order chi connectivity index (χ1) is 9.32. The summed E-state index contributed by atoms with van der Waals surface area (Å²) in [7, 11) is 1.51. The molecule has 1 aromatic rings. The highest BCUT2D eigenvalue weighted by atomic mass is 19.4. The molecule has 0 aliphatic carbocycles. The summed E-state index contributed by atoms with van der Waals surface area (Å²) in [6, 6.07) is 6.69. The summed E-state index contributed by atoms with van der Waals surface area (Å²) in [5.41, 5.74) is 0.689. The molecule has 1 atom stereocenters. The largest absolute Gasteiger partial charge is 0.497 e. The van der Waals surface area contributed by atoms with Gasteiger partial charge >= 0.3 is 12.1 Å². The van der Waals surface area contributed by atoms with Crippen LogP contribution in [0.1, 0.15) is 12.5 Å². The Balaban J connectivity index is 2.49. The Labute approximate surface area is 114 Å². The minimum absolute atomic E-state index is 0.0160. The number of benzene rings is 1. The van der Waals surface area contributed by atoms with Crippen LogP contribution in [0.4, 0.5) is 13.2 Å². The SMILES string of the molecule is COc1ccc(COCC(OC(C)=O)C(F)(F)F)cc1. The summed E-state index contributed by atoms with van der Waals surface area (Å²) in [6.45, 7) is 0.162. The van der Waals surface area contributed by atoms with Crippen molar-refractivity contribution in [1.82, 2.24) is 0 Å². The Kier molecular flexibility index (Phi) is 5.82. The molecule has 0 N–H and O–H groups in total. The molecular formula is C13H15F3O4. The zero-order valence-corrected chi connectivity index (χ0v) is 11.1. The fourth-order valence-corrected chi connectivity index (χ4v) is 1.40. The molecule has 112 valence electrons. The number of methoxy groups -OCH3 is 1. The molecule has 0 fully saturated rings. The quantitative estimate of drug-likeness (QED) is 0.756. The molecule has 4 nitrogen and oxygen atoms in total. The van der Waals surface area contributed by atoms with Crippen molar-refractivity contribution in [2.75, 3.05) is 13.7 Å². The summed E-state index contributed by atoms with van der Waals surface area (Å²) in [5.74, 6) is -0.359. The van der Waals surface area contributed by atoms with E-state index in [1.807, 2.05) is 0 Å². The third-order valence-corrected chi connectivity index (χ3v) is 2.37. The number of carbonyl (C=O) groups is 1. The highest BCUT2D eigenvalue weighted by Crippen LogP contribution is 2.23. The van der Waals surface area contributed by atoms with Gasteiger partial charge in [-0.2, -0.15) is 13.2 Å². The monoisotopic (exact) mass is 292 g/mol. The van der Waals surface area contributed by atoms with E-state index in [4.69, 9.17) is 9.47 Å². The fourth-order valence-electron chi connectivity index (χ4n) is 1.40. The highest BCUT2D eigenvalue weighted by Gasteiger charge is 2.42. The molecule has 20 heavy (non-hydrogen) atoms. The minimum Gasteiger partial charge on any atom is -0.497 e. The van der Waals surface area contributed by atoms with Gasteiger partial charge in [0.15, 0.2) is 0 Å². The van der Waals surface area contributed by atoms with Gasteiger partial charge in [0.2, 0.25) is 6.10 Å². The lowest BCUT2D eigenvalue weighted by Crippen LogP contribution is -2.37. The lowest BCUT2D eigenvalue weighted by molar-refractivity contribution is -0.232. The predicted octanol–water partition coefficient (Wildman–Crippen LogP) is 2.71. The topological polar surface area (TPSA) is 44.8 Å². The molecule has 0 heterocycles. The second-order valence-electron chi connectivity index (χ2n) is 4.00. The zero-order valence-electron chi connectivity index (χ0n) is 11.1. The first-order valence-corrected chi connectivity index (χ1v) is 5.77. The molecule has 0 aromatic heterocycles. The van der Waals surface area contributed by atoms with E-state index in [1.54, 1.807) is 24.3 Å². The molecule has 1 unspecified atom stereocenters. The van der Waals surface area contributed by atoms with Crippen molar-refractivity contribution in [2.24, 2.45) is 0 Å². The molecule has 1 aromatic carbocycles. The molecule has 7 heteroatoms. The summed E-state index contributed by atoms with van der Waals surface area (Å²) in [5, 5.41) is 0. The summed E-state index contributed by atoms with van der Waals surface area (Å²) < 4.78 is 51.7. The summed E-state index contributed by atoms with van der Waals surface area (Å²) in [4.78, 5) is 10.6. The average molecular weight is 292 g/mol. The molecule has 0 radical (unpaired) electrons. The van der Waals surface area contributed by atoms with E-state index in [0.29, 0.717) is 11.3 Å². The van der Waals surface area contributed by atoms with E-state index in [1.165, 1.54) is 7.11 Å². The van der Waals surface area contributed by atoms with Crippen LogP contribution in [0, 0.1) is 0 Å². The lowest BCUT2D eigenvalue weighted by Gasteiger charge is -2.19. The predicted molar refractivity (Wildman–Crippen MR) is 64.3 cm³/mol. The number of ether oxygens (including phenoxy) is 3. The van der Waals surface area contributed by atoms with Crippen LogP contribution in [0.3, 0.4) is 0 Å². The number of halogens is 3. The molecule has 0 bridgehead atoms. The molecular weight excluding hydrogens is 277 g/mol. The van der Waals surface area contributed by atoms with Crippen LogP contribution in [0.5, 0.6) is 5.75 Å². The number of hydrogen-bond acceptors (Lipinski definition) is 4. The van der Waals surface area contributed by atoms with E-state index in [2.05, 4.69) is 4.74 Å². The van der Waals surface area contributed by atoms with Crippen LogP contribution in [-0.4, -0.2) is 32.0 Å². The maximum absolute atomic E-state index is 12.5. The lowest BCUT2D eigenvalue weighted by atomic mass is 10.2. The van der Waals surface area contributed by atoms with Crippen molar-refractivity contribution >= 4 is 5.97 Å². The van der Waals surface area contributed by atoms with Crippen LogP contribution in [0.2, 0.25) is 0 Å². The zero-order chi connectivity index (χ0) is 15.2. The molecule has 0 saturated carbocycles. The normalized spacial score (nSPS) is 12.8. The Morgan fingerprint density at radius 1 is 1.25 bits per heavy atom. The average Bonchev–Trinajstić information content (AvgIpc) is 2.37. The Bertz CT molecular complexity index is 428. The molecule has 0 saturated heterocycles. The van der Waals surface area contributed by atoms with Crippen LogP contribution < -0.4 is 4.74 Å². The van der Waals surface area contributed by atoms with Gasteiger partial charge in [-0.25, -0.2) is 0 Å². The first-order valence-electron chi connectivity index (χ1n) is 5.77. The van der Waals surface area contributed by atoms with Gasteiger partial charge in [0.1, 0.15) is 5.75 Å². The van der Waals surface area contributed by atoms with Crippen molar-refractivity contribution in [3.63, 3.8) is 0 Å². The maximum Gasteiger partial charge on any atom is 0.427 e. The Hall–Kier alpha value is -1.76. The second-order valence-corrected chi connectivity index (χ2v) is 4.00. The van der Waals surface area contributed by atoms with Crippen LogP contribution in [0.15, 0.2) is 24.3 Å². The van der Waals surface area contributed by atoms with Crippen LogP contribution in [0.25, 0.3) is 0 Å². The smallest absolute Gasteiger partial charge is 0.427 e. The van der Waals surface area contributed by atoms with Crippen molar-refractivity contribution in [3.05, 3.63) is 29.8 Å². The third kappa shape index (κ3) is 5.48. The number of carbonyl (C=O) groups excluding carboxylic acids is 1. The van der Waals surface area contributed by atoms with Gasteiger partial charge in [-0.15, -0.1) is 0 Å². The number of esters is 1. The number of hydrogen-bond donors (Lipinski definition) is 0.